The summed E-state index contributed by atoms with van der Waals surface area (Å²) in [7, 11) is 0. The smallest absolute Gasteiger partial charge is 0.379 e. The number of nitriles is 1. The Balaban J connectivity index is 2.19. The molecule has 2 rings (SSSR count). The van der Waals surface area contributed by atoms with Gasteiger partial charge in [-0.05, 0) is 41.6 Å². The summed E-state index contributed by atoms with van der Waals surface area (Å²) in [5, 5.41) is 14.0. The van der Waals surface area contributed by atoms with Gasteiger partial charge in [-0.15, -0.1) is 11.3 Å². The maximum atomic E-state index is 12.6. The fourth-order valence-corrected chi connectivity index (χ4v) is 2.90. The molecule has 0 aliphatic carbocycles. The number of hydrogen-bond acceptors (Lipinski definition) is 3. The lowest BCUT2D eigenvalue weighted by molar-refractivity contribution is -0.137. The molecule has 0 spiro atoms. The zero-order valence-corrected chi connectivity index (χ0v) is 12.1. The number of anilines is 1. The molecule has 0 aliphatic rings. The molecule has 0 bridgehead atoms. The van der Waals surface area contributed by atoms with E-state index in [2.05, 4.69) is 5.32 Å². The third-order valence-electron chi connectivity index (χ3n) is 3.13. The predicted octanol–water partition coefficient (Wildman–Crippen LogP) is 4.81. The zero-order chi connectivity index (χ0) is 15.5. The Morgan fingerprint density at radius 2 is 2.05 bits per heavy atom. The maximum absolute atomic E-state index is 12.6. The number of nitrogens with zero attached hydrogens (tertiary/aromatic N) is 1. The molecule has 0 saturated carbocycles. The molecule has 0 saturated heterocycles. The highest BCUT2D eigenvalue weighted by Crippen LogP contribution is 2.32. The number of hydrogen-bond donors (Lipinski definition) is 1. The van der Waals surface area contributed by atoms with Gasteiger partial charge in [-0.2, -0.15) is 18.4 Å². The van der Waals surface area contributed by atoms with E-state index in [1.807, 2.05) is 24.4 Å². The Hall–Kier alpha value is -2.00. The molecule has 110 valence electrons. The van der Waals surface area contributed by atoms with Gasteiger partial charge in [0.1, 0.15) is 6.07 Å². The van der Waals surface area contributed by atoms with Crippen LogP contribution in [-0.2, 0) is 19.1 Å². The van der Waals surface area contributed by atoms with Gasteiger partial charge in [-0.1, -0.05) is 6.92 Å². The first-order valence-electron chi connectivity index (χ1n) is 6.36. The molecule has 0 aliphatic heterocycles. The van der Waals surface area contributed by atoms with E-state index in [9.17, 15) is 13.2 Å². The van der Waals surface area contributed by atoms with Gasteiger partial charge in [0.25, 0.3) is 0 Å². The molecule has 1 N–H and O–H groups in total. The van der Waals surface area contributed by atoms with Crippen LogP contribution < -0.4 is 5.32 Å². The van der Waals surface area contributed by atoms with E-state index in [1.165, 1.54) is 11.6 Å². The summed E-state index contributed by atoms with van der Waals surface area (Å²) in [6.07, 6.45) is -3.54. The lowest BCUT2D eigenvalue weighted by atomic mass is 10.1. The van der Waals surface area contributed by atoms with Crippen LogP contribution >= 0.6 is 11.3 Å². The van der Waals surface area contributed by atoms with Crippen molar-refractivity contribution in [3.05, 3.63) is 51.2 Å². The Morgan fingerprint density at radius 3 is 2.67 bits per heavy atom. The second-order valence-electron chi connectivity index (χ2n) is 4.45. The van der Waals surface area contributed by atoms with Crippen LogP contribution in [0.3, 0.4) is 0 Å². The third-order valence-corrected chi connectivity index (χ3v) is 4.09. The molecule has 2 nitrogen and oxygen atoms in total. The van der Waals surface area contributed by atoms with E-state index in [0.29, 0.717) is 12.2 Å². The SMILES string of the molecule is CCc1ccsc1CNc1ccc(C(F)(F)F)cc1C#N. The van der Waals surface area contributed by atoms with E-state index in [0.717, 1.165) is 23.4 Å². The van der Waals surface area contributed by atoms with Crippen molar-refractivity contribution in [1.29, 1.82) is 5.26 Å². The normalized spacial score (nSPS) is 11.2. The van der Waals surface area contributed by atoms with Crippen LogP contribution in [-0.4, -0.2) is 0 Å². The summed E-state index contributed by atoms with van der Waals surface area (Å²) < 4.78 is 37.8. The lowest BCUT2D eigenvalue weighted by Crippen LogP contribution is -2.07. The van der Waals surface area contributed by atoms with Gasteiger partial charge in [0.2, 0.25) is 0 Å². The molecular formula is C15H13F3N2S. The quantitative estimate of drug-likeness (QED) is 0.879. The van der Waals surface area contributed by atoms with Crippen molar-refractivity contribution in [2.45, 2.75) is 26.1 Å². The molecule has 1 aromatic carbocycles. The van der Waals surface area contributed by atoms with Crippen LogP contribution in [0.1, 0.15) is 28.5 Å². The molecule has 0 amide bonds. The topological polar surface area (TPSA) is 35.8 Å². The zero-order valence-electron chi connectivity index (χ0n) is 11.3. The molecule has 0 radical (unpaired) electrons. The highest BCUT2D eigenvalue weighted by atomic mass is 32.1. The van der Waals surface area contributed by atoms with Crippen molar-refractivity contribution < 1.29 is 13.2 Å². The molecule has 1 aromatic heterocycles. The second-order valence-corrected chi connectivity index (χ2v) is 5.45. The van der Waals surface area contributed by atoms with Crippen LogP contribution in [0.2, 0.25) is 0 Å². The summed E-state index contributed by atoms with van der Waals surface area (Å²) in [6.45, 7) is 2.55. The van der Waals surface area contributed by atoms with Gasteiger partial charge in [0, 0.05) is 11.4 Å². The van der Waals surface area contributed by atoms with Crippen molar-refractivity contribution in [2.24, 2.45) is 0 Å². The number of rotatable bonds is 4. The average Bonchev–Trinajstić information content (AvgIpc) is 2.91. The summed E-state index contributed by atoms with van der Waals surface area (Å²) in [6, 6.07) is 7.00. The molecular weight excluding hydrogens is 297 g/mol. The van der Waals surface area contributed by atoms with Crippen LogP contribution in [0.5, 0.6) is 0 Å². The van der Waals surface area contributed by atoms with E-state index >= 15 is 0 Å². The Bertz CT molecular complexity index is 668. The van der Waals surface area contributed by atoms with E-state index in [4.69, 9.17) is 5.26 Å². The molecule has 0 unspecified atom stereocenters. The summed E-state index contributed by atoms with van der Waals surface area (Å²) in [4.78, 5) is 1.13. The van der Waals surface area contributed by atoms with Crippen molar-refractivity contribution in [3.8, 4) is 6.07 Å². The van der Waals surface area contributed by atoms with E-state index in [1.54, 1.807) is 11.3 Å². The monoisotopic (exact) mass is 310 g/mol. The molecule has 21 heavy (non-hydrogen) atoms. The molecule has 1 heterocycles. The largest absolute Gasteiger partial charge is 0.416 e. The van der Waals surface area contributed by atoms with E-state index in [-0.39, 0.29) is 5.56 Å². The number of alkyl halides is 3. The first kappa shape index (κ1) is 15.4. The maximum Gasteiger partial charge on any atom is 0.416 e. The fraction of sp³-hybridized carbons (Fsp3) is 0.267. The molecule has 6 heteroatoms. The van der Waals surface area contributed by atoms with Gasteiger partial charge in [-0.3, -0.25) is 0 Å². The summed E-state index contributed by atoms with van der Waals surface area (Å²) >= 11 is 1.59. The Kier molecular flexibility index (Phi) is 4.53. The second kappa shape index (κ2) is 6.19. The standard InChI is InChI=1S/C15H13F3N2S/c1-2-10-5-6-21-14(10)9-20-13-4-3-12(15(16,17)18)7-11(13)8-19/h3-7,20H,2,9H2,1H3. The number of halogens is 3. The van der Waals surface area contributed by atoms with Crippen LogP contribution in [0.25, 0.3) is 0 Å². The minimum atomic E-state index is -4.44. The summed E-state index contributed by atoms with van der Waals surface area (Å²) in [5.41, 5.74) is 0.813. The molecule has 0 atom stereocenters. The van der Waals surface area contributed by atoms with Gasteiger partial charge >= 0.3 is 6.18 Å². The number of thiophene rings is 1. The molecule has 2 aromatic rings. The molecule has 0 fully saturated rings. The van der Waals surface area contributed by atoms with Crippen LogP contribution in [0, 0.1) is 11.3 Å². The fourth-order valence-electron chi connectivity index (χ4n) is 1.98. The number of nitrogens with one attached hydrogen (secondary N) is 1. The van der Waals surface area contributed by atoms with Gasteiger partial charge in [0.15, 0.2) is 0 Å². The minimum absolute atomic E-state index is 0.000528. The number of benzene rings is 1. The van der Waals surface area contributed by atoms with Crippen LogP contribution in [0.15, 0.2) is 29.6 Å². The first-order chi connectivity index (χ1) is 9.95. The predicted molar refractivity (Wildman–Crippen MR) is 77.2 cm³/mol. The number of aryl methyl sites for hydroxylation is 1. The highest BCUT2D eigenvalue weighted by Gasteiger charge is 2.31. The Morgan fingerprint density at radius 1 is 1.29 bits per heavy atom. The lowest BCUT2D eigenvalue weighted by Gasteiger charge is -2.11. The van der Waals surface area contributed by atoms with E-state index < -0.39 is 11.7 Å². The van der Waals surface area contributed by atoms with Gasteiger partial charge in [-0.25, -0.2) is 0 Å². The minimum Gasteiger partial charge on any atom is -0.379 e. The van der Waals surface area contributed by atoms with Crippen molar-refractivity contribution in [2.75, 3.05) is 5.32 Å². The third kappa shape index (κ3) is 3.56. The van der Waals surface area contributed by atoms with Crippen molar-refractivity contribution >= 4 is 17.0 Å². The average molecular weight is 310 g/mol. The summed E-state index contributed by atoms with van der Waals surface area (Å²) in [5.74, 6) is 0. The Labute approximate surface area is 124 Å². The first-order valence-corrected chi connectivity index (χ1v) is 7.24. The van der Waals surface area contributed by atoms with Crippen molar-refractivity contribution in [1.82, 2.24) is 0 Å². The van der Waals surface area contributed by atoms with Crippen LogP contribution in [0.4, 0.5) is 18.9 Å². The van der Waals surface area contributed by atoms with Gasteiger partial charge < -0.3 is 5.32 Å². The van der Waals surface area contributed by atoms with Crippen molar-refractivity contribution in [3.63, 3.8) is 0 Å². The van der Waals surface area contributed by atoms with Gasteiger partial charge in [0.05, 0.1) is 16.8 Å². The highest BCUT2D eigenvalue weighted by molar-refractivity contribution is 7.10.